The van der Waals surface area contributed by atoms with E-state index in [-0.39, 0.29) is 0 Å². The van der Waals surface area contributed by atoms with Crippen molar-refractivity contribution in [3.8, 4) is 0 Å². The minimum Gasteiger partial charge on any atom is -0.316 e. The molecule has 4 heteroatoms. The second kappa shape index (κ2) is 5.47. The molecule has 0 aromatic carbocycles. The highest BCUT2D eigenvalue weighted by atomic mass is 32.2. The van der Waals surface area contributed by atoms with Gasteiger partial charge in [-0.2, -0.15) is 0 Å². The average Bonchev–Trinajstić information content (AvgIpc) is 2.29. The Bertz CT molecular complexity index is 310. The number of aromatic nitrogens is 2. The molecule has 0 aliphatic carbocycles. The molecule has 1 N–H and O–H groups in total. The fourth-order valence-corrected chi connectivity index (χ4v) is 2.87. The quantitative estimate of drug-likeness (QED) is 0.794. The first kappa shape index (κ1) is 10.9. The first-order chi connectivity index (χ1) is 7.36. The molecule has 1 atom stereocenters. The Morgan fingerprint density at radius 3 is 3.07 bits per heavy atom. The fourth-order valence-electron chi connectivity index (χ4n) is 1.80. The van der Waals surface area contributed by atoms with Crippen molar-refractivity contribution in [2.75, 3.05) is 18.8 Å². The smallest absolute Gasteiger partial charge is 0.117 e. The molecule has 2 heterocycles. The summed E-state index contributed by atoms with van der Waals surface area (Å²) in [7, 11) is 0. The summed E-state index contributed by atoms with van der Waals surface area (Å²) < 4.78 is 0. The van der Waals surface area contributed by atoms with Gasteiger partial charge in [-0.3, -0.25) is 4.98 Å². The molecule has 1 aromatic heterocycles. The third-order valence-electron chi connectivity index (χ3n) is 2.69. The first-order valence-electron chi connectivity index (χ1n) is 5.47. The molecule has 0 amide bonds. The highest BCUT2D eigenvalue weighted by molar-refractivity contribution is 7.99. The van der Waals surface area contributed by atoms with Crippen LogP contribution < -0.4 is 5.32 Å². The minimum atomic E-state index is 0.796. The standard InChI is InChI=1S/C11H17N3S/c1-9-11(14-6-5-13-9)15-8-10-3-2-4-12-7-10/h5-6,10,12H,2-4,7-8H2,1H3. The van der Waals surface area contributed by atoms with Crippen LogP contribution in [-0.4, -0.2) is 28.8 Å². The van der Waals surface area contributed by atoms with Gasteiger partial charge in [-0.25, -0.2) is 4.98 Å². The Kier molecular flexibility index (Phi) is 3.97. The molecule has 1 saturated heterocycles. The van der Waals surface area contributed by atoms with Gasteiger partial charge in [0.25, 0.3) is 0 Å². The minimum absolute atomic E-state index is 0.796. The Hall–Kier alpha value is -0.610. The van der Waals surface area contributed by atoms with Crippen LogP contribution in [0.4, 0.5) is 0 Å². The molecule has 3 nitrogen and oxygen atoms in total. The fraction of sp³-hybridized carbons (Fsp3) is 0.636. The van der Waals surface area contributed by atoms with E-state index in [2.05, 4.69) is 15.3 Å². The predicted octanol–water partition coefficient (Wildman–Crippen LogP) is 1.88. The molecule has 1 aromatic rings. The zero-order chi connectivity index (χ0) is 10.5. The van der Waals surface area contributed by atoms with Crippen LogP contribution in [0.25, 0.3) is 0 Å². The zero-order valence-electron chi connectivity index (χ0n) is 9.07. The lowest BCUT2D eigenvalue weighted by atomic mass is 10.0. The number of hydrogen-bond acceptors (Lipinski definition) is 4. The van der Waals surface area contributed by atoms with E-state index < -0.39 is 0 Å². The first-order valence-corrected chi connectivity index (χ1v) is 6.46. The van der Waals surface area contributed by atoms with Gasteiger partial charge in [-0.15, -0.1) is 11.8 Å². The van der Waals surface area contributed by atoms with Crippen molar-refractivity contribution in [1.29, 1.82) is 0 Å². The largest absolute Gasteiger partial charge is 0.316 e. The molecule has 0 radical (unpaired) electrons. The van der Waals surface area contributed by atoms with Gasteiger partial charge in [0.2, 0.25) is 0 Å². The van der Waals surface area contributed by atoms with E-state index in [1.165, 1.54) is 19.4 Å². The monoisotopic (exact) mass is 223 g/mol. The summed E-state index contributed by atoms with van der Waals surface area (Å²) in [6, 6.07) is 0. The molecule has 1 fully saturated rings. The highest BCUT2D eigenvalue weighted by Gasteiger charge is 2.13. The van der Waals surface area contributed by atoms with Crippen molar-refractivity contribution in [2.24, 2.45) is 5.92 Å². The SMILES string of the molecule is Cc1nccnc1SCC1CCCNC1. The normalized spacial score (nSPS) is 21.5. The van der Waals surface area contributed by atoms with Crippen LogP contribution >= 0.6 is 11.8 Å². The number of nitrogens with one attached hydrogen (secondary N) is 1. The highest BCUT2D eigenvalue weighted by Crippen LogP contribution is 2.23. The van der Waals surface area contributed by atoms with Crippen LogP contribution in [0.5, 0.6) is 0 Å². The Balaban J connectivity index is 1.84. The number of hydrogen-bond donors (Lipinski definition) is 1. The average molecular weight is 223 g/mol. The maximum Gasteiger partial charge on any atom is 0.117 e. The van der Waals surface area contributed by atoms with E-state index >= 15 is 0 Å². The van der Waals surface area contributed by atoms with Gasteiger partial charge in [-0.1, -0.05) is 0 Å². The van der Waals surface area contributed by atoms with E-state index in [4.69, 9.17) is 0 Å². The lowest BCUT2D eigenvalue weighted by Crippen LogP contribution is -2.30. The Labute approximate surface area is 95.1 Å². The maximum absolute atomic E-state index is 4.34. The lowest BCUT2D eigenvalue weighted by molar-refractivity contribution is 0.410. The second-order valence-electron chi connectivity index (χ2n) is 3.97. The van der Waals surface area contributed by atoms with E-state index in [1.54, 1.807) is 12.4 Å². The summed E-state index contributed by atoms with van der Waals surface area (Å²) in [5, 5.41) is 4.52. The Morgan fingerprint density at radius 2 is 2.33 bits per heavy atom. The number of piperidine rings is 1. The number of thioether (sulfide) groups is 1. The van der Waals surface area contributed by atoms with Gasteiger partial charge in [-0.05, 0) is 38.8 Å². The topological polar surface area (TPSA) is 37.8 Å². The van der Waals surface area contributed by atoms with Gasteiger partial charge in [0.1, 0.15) is 5.03 Å². The molecule has 0 bridgehead atoms. The molecule has 1 aliphatic heterocycles. The van der Waals surface area contributed by atoms with Crippen LogP contribution in [0.2, 0.25) is 0 Å². The van der Waals surface area contributed by atoms with E-state index in [1.807, 2.05) is 18.7 Å². The maximum atomic E-state index is 4.34. The van der Waals surface area contributed by atoms with Crippen molar-refractivity contribution < 1.29 is 0 Å². The summed E-state index contributed by atoms with van der Waals surface area (Å²) in [5.41, 5.74) is 1.05. The van der Waals surface area contributed by atoms with Crippen molar-refractivity contribution in [3.05, 3.63) is 18.1 Å². The van der Waals surface area contributed by atoms with Crippen molar-refractivity contribution in [1.82, 2.24) is 15.3 Å². The molecule has 15 heavy (non-hydrogen) atoms. The van der Waals surface area contributed by atoms with Gasteiger partial charge in [0.05, 0.1) is 5.69 Å². The summed E-state index contributed by atoms with van der Waals surface area (Å²) in [6.45, 7) is 4.37. The summed E-state index contributed by atoms with van der Waals surface area (Å²) in [4.78, 5) is 8.59. The summed E-state index contributed by atoms with van der Waals surface area (Å²) in [5.74, 6) is 1.96. The van der Waals surface area contributed by atoms with E-state index in [0.717, 1.165) is 28.9 Å². The van der Waals surface area contributed by atoms with Crippen LogP contribution in [-0.2, 0) is 0 Å². The molecule has 1 aliphatic rings. The number of nitrogens with zero attached hydrogens (tertiary/aromatic N) is 2. The summed E-state index contributed by atoms with van der Waals surface area (Å²) >= 11 is 1.84. The van der Waals surface area contributed by atoms with Gasteiger partial charge in [0, 0.05) is 18.1 Å². The summed E-state index contributed by atoms with van der Waals surface area (Å²) in [6.07, 6.45) is 6.18. The molecular weight excluding hydrogens is 206 g/mol. The van der Waals surface area contributed by atoms with Crippen molar-refractivity contribution in [3.63, 3.8) is 0 Å². The van der Waals surface area contributed by atoms with Crippen LogP contribution in [0.1, 0.15) is 18.5 Å². The number of rotatable bonds is 3. The molecule has 82 valence electrons. The molecule has 2 rings (SSSR count). The second-order valence-corrected chi connectivity index (χ2v) is 4.98. The van der Waals surface area contributed by atoms with E-state index in [9.17, 15) is 0 Å². The molecule has 0 spiro atoms. The van der Waals surface area contributed by atoms with Gasteiger partial charge in [0.15, 0.2) is 0 Å². The van der Waals surface area contributed by atoms with Crippen LogP contribution in [0.3, 0.4) is 0 Å². The lowest BCUT2D eigenvalue weighted by Gasteiger charge is -2.22. The third kappa shape index (κ3) is 3.18. The zero-order valence-corrected chi connectivity index (χ0v) is 9.89. The van der Waals surface area contributed by atoms with Crippen molar-refractivity contribution >= 4 is 11.8 Å². The van der Waals surface area contributed by atoms with E-state index in [0.29, 0.717) is 0 Å². The number of aryl methyl sites for hydroxylation is 1. The van der Waals surface area contributed by atoms with Crippen LogP contribution in [0.15, 0.2) is 17.4 Å². The third-order valence-corrected chi connectivity index (χ3v) is 4.00. The predicted molar refractivity (Wildman–Crippen MR) is 63.1 cm³/mol. The van der Waals surface area contributed by atoms with Crippen molar-refractivity contribution in [2.45, 2.75) is 24.8 Å². The van der Waals surface area contributed by atoms with Gasteiger partial charge < -0.3 is 5.32 Å². The molecule has 0 saturated carbocycles. The Morgan fingerprint density at radius 1 is 1.47 bits per heavy atom. The van der Waals surface area contributed by atoms with Crippen LogP contribution in [0, 0.1) is 12.8 Å². The van der Waals surface area contributed by atoms with Gasteiger partial charge >= 0.3 is 0 Å². The molecule has 1 unspecified atom stereocenters. The molecular formula is C11H17N3S.